The van der Waals surface area contributed by atoms with E-state index in [-0.39, 0.29) is 17.5 Å². The highest BCUT2D eigenvalue weighted by atomic mass is 16.1. The number of aromatic amines is 1. The molecule has 0 aliphatic carbocycles. The summed E-state index contributed by atoms with van der Waals surface area (Å²) in [6.45, 7) is 5.97. The van der Waals surface area contributed by atoms with E-state index in [0.717, 1.165) is 34.1 Å². The van der Waals surface area contributed by atoms with E-state index >= 15 is 0 Å². The molecule has 4 heteroatoms. The van der Waals surface area contributed by atoms with Crippen molar-refractivity contribution in [2.45, 2.75) is 33.2 Å². The smallest absolute Gasteiger partial charge is 0.262 e. The summed E-state index contributed by atoms with van der Waals surface area (Å²) >= 11 is 0. The van der Waals surface area contributed by atoms with Gasteiger partial charge in [0, 0.05) is 22.2 Å². The maximum absolute atomic E-state index is 12.6. The van der Waals surface area contributed by atoms with E-state index in [1.54, 1.807) is 6.08 Å². The summed E-state index contributed by atoms with van der Waals surface area (Å²) < 4.78 is 0. The van der Waals surface area contributed by atoms with Gasteiger partial charge >= 0.3 is 0 Å². The van der Waals surface area contributed by atoms with Crippen LogP contribution in [0.5, 0.6) is 0 Å². The van der Waals surface area contributed by atoms with Gasteiger partial charge < -0.3 is 10.3 Å². The third-order valence-electron chi connectivity index (χ3n) is 4.83. The summed E-state index contributed by atoms with van der Waals surface area (Å²) in [7, 11) is 0. The fourth-order valence-corrected chi connectivity index (χ4v) is 3.18. The lowest BCUT2D eigenvalue weighted by Gasteiger charge is -2.14. The first-order chi connectivity index (χ1) is 13.0. The molecule has 1 heterocycles. The number of rotatable bonds is 5. The molecule has 0 saturated carbocycles. The van der Waals surface area contributed by atoms with Crippen LogP contribution in [-0.2, 0) is 11.2 Å². The Morgan fingerprint density at radius 2 is 1.93 bits per heavy atom. The molecule has 3 aromatic rings. The van der Waals surface area contributed by atoms with Gasteiger partial charge in [0.15, 0.2) is 0 Å². The third-order valence-corrected chi connectivity index (χ3v) is 4.83. The number of hydrogen-bond acceptors (Lipinski definition) is 2. The monoisotopic (exact) mass is 357 g/mol. The first-order valence-electron chi connectivity index (χ1n) is 9.12. The molecule has 0 aliphatic rings. The van der Waals surface area contributed by atoms with Gasteiger partial charge in [-0.25, -0.2) is 0 Å². The van der Waals surface area contributed by atoms with E-state index in [1.165, 1.54) is 5.56 Å². The van der Waals surface area contributed by atoms with Gasteiger partial charge in [-0.1, -0.05) is 49.4 Å². The van der Waals surface area contributed by atoms with E-state index < -0.39 is 0 Å². The molecule has 1 aromatic heterocycles. The zero-order valence-electron chi connectivity index (χ0n) is 15.8. The van der Waals surface area contributed by atoms with Crippen molar-refractivity contribution in [1.82, 2.24) is 10.3 Å². The predicted octanol–water partition coefficient (Wildman–Crippen LogP) is 4.82. The Balaban J connectivity index is 1.84. The van der Waals surface area contributed by atoms with Gasteiger partial charge in [0.05, 0.1) is 6.04 Å². The van der Waals surface area contributed by atoms with E-state index in [4.69, 9.17) is 0 Å². The van der Waals surface area contributed by atoms with Gasteiger partial charge in [-0.15, -0.1) is 0 Å². The molecule has 0 radical (unpaired) electrons. The highest BCUT2D eigenvalue weighted by Crippen LogP contribution is 2.24. The average Bonchev–Trinajstić information content (AvgIpc) is 3.00. The molecule has 136 valence electrons. The number of fused-ring (bicyclic) bond motifs is 1. The molecule has 0 bridgehead atoms. The van der Waals surface area contributed by atoms with E-state index in [9.17, 15) is 10.1 Å². The van der Waals surface area contributed by atoms with Crippen molar-refractivity contribution in [3.05, 3.63) is 76.5 Å². The normalized spacial score (nSPS) is 12.6. The van der Waals surface area contributed by atoms with Crippen molar-refractivity contribution >= 4 is 22.9 Å². The fourth-order valence-electron chi connectivity index (χ4n) is 3.18. The highest BCUT2D eigenvalue weighted by molar-refractivity contribution is 6.04. The van der Waals surface area contributed by atoms with Crippen molar-refractivity contribution < 1.29 is 4.79 Å². The van der Waals surface area contributed by atoms with Crippen LogP contribution in [0.4, 0.5) is 0 Å². The van der Waals surface area contributed by atoms with Gasteiger partial charge in [-0.05, 0) is 43.5 Å². The van der Waals surface area contributed by atoms with Crippen molar-refractivity contribution in [2.75, 3.05) is 0 Å². The van der Waals surface area contributed by atoms with Crippen LogP contribution in [0.25, 0.3) is 17.0 Å². The van der Waals surface area contributed by atoms with Crippen LogP contribution in [-0.4, -0.2) is 10.9 Å². The minimum absolute atomic E-state index is 0.0971. The van der Waals surface area contributed by atoms with E-state index in [1.807, 2.05) is 56.3 Å². The summed E-state index contributed by atoms with van der Waals surface area (Å²) in [6.07, 6.45) is 2.64. The van der Waals surface area contributed by atoms with Crippen LogP contribution < -0.4 is 5.32 Å². The number of carbonyl (C=O) groups is 1. The van der Waals surface area contributed by atoms with Gasteiger partial charge in [0.1, 0.15) is 11.6 Å². The van der Waals surface area contributed by atoms with Crippen LogP contribution in [0.3, 0.4) is 0 Å². The maximum atomic E-state index is 12.6. The average molecular weight is 357 g/mol. The van der Waals surface area contributed by atoms with Crippen molar-refractivity contribution in [3.63, 3.8) is 0 Å². The van der Waals surface area contributed by atoms with Crippen molar-refractivity contribution in [3.8, 4) is 6.07 Å². The Morgan fingerprint density at radius 3 is 2.59 bits per heavy atom. The fraction of sp³-hybridized carbons (Fsp3) is 0.217. The lowest BCUT2D eigenvalue weighted by Crippen LogP contribution is -2.27. The molecule has 0 aliphatic heterocycles. The van der Waals surface area contributed by atoms with Crippen LogP contribution in [0.15, 0.2) is 54.1 Å². The first-order valence-corrected chi connectivity index (χ1v) is 9.12. The Morgan fingerprint density at radius 1 is 1.22 bits per heavy atom. The molecule has 3 rings (SSSR count). The predicted molar refractivity (Wildman–Crippen MR) is 109 cm³/mol. The number of nitrogens with one attached hydrogen (secondary N) is 2. The van der Waals surface area contributed by atoms with Crippen LogP contribution in [0.2, 0.25) is 0 Å². The SMILES string of the molecule is CCc1ccc(C(C)NC(=O)/C(C#N)=C\c2c(C)[nH]c3ccccc23)cc1. The molecule has 4 nitrogen and oxygen atoms in total. The van der Waals surface area contributed by atoms with Crippen molar-refractivity contribution in [1.29, 1.82) is 5.26 Å². The molecule has 0 fully saturated rings. The maximum Gasteiger partial charge on any atom is 0.262 e. The molecule has 27 heavy (non-hydrogen) atoms. The minimum atomic E-state index is -0.366. The largest absolute Gasteiger partial charge is 0.358 e. The zero-order chi connectivity index (χ0) is 19.4. The molecule has 2 N–H and O–H groups in total. The number of nitriles is 1. The molecule has 1 atom stereocenters. The van der Waals surface area contributed by atoms with E-state index in [2.05, 4.69) is 29.4 Å². The second-order valence-electron chi connectivity index (χ2n) is 6.67. The summed E-state index contributed by atoms with van der Waals surface area (Å²) in [5.41, 5.74) is 5.16. The Labute approximate surface area is 159 Å². The quantitative estimate of drug-likeness (QED) is 0.507. The molecule has 1 amide bonds. The van der Waals surface area contributed by atoms with Crippen LogP contribution in [0.1, 0.15) is 42.3 Å². The Hall–Kier alpha value is -3.32. The van der Waals surface area contributed by atoms with Crippen LogP contribution >= 0.6 is 0 Å². The topological polar surface area (TPSA) is 68.7 Å². The summed E-state index contributed by atoms with van der Waals surface area (Å²) in [5.74, 6) is -0.366. The standard InChI is InChI=1S/C23H23N3O/c1-4-17-9-11-18(12-10-17)15(2)26-23(27)19(14-24)13-21-16(3)25-22-8-6-5-7-20(21)22/h5-13,15,25H,4H2,1-3H3,(H,26,27)/b19-13-. The molecule has 2 aromatic carbocycles. The van der Waals surface area contributed by atoms with Crippen LogP contribution in [0, 0.1) is 18.3 Å². The first kappa shape index (κ1) is 18.5. The molecule has 0 saturated heterocycles. The summed E-state index contributed by atoms with van der Waals surface area (Å²) in [6, 6.07) is 17.9. The highest BCUT2D eigenvalue weighted by Gasteiger charge is 2.15. The number of aromatic nitrogens is 1. The van der Waals surface area contributed by atoms with Gasteiger partial charge in [-0.2, -0.15) is 5.26 Å². The number of nitrogens with zero attached hydrogens (tertiary/aromatic N) is 1. The second kappa shape index (κ2) is 7.92. The van der Waals surface area contributed by atoms with Gasteiger partial charge in [-0.3, -0.25) is 4.79 Å². The number of amides is 1. The number of hydrogen-bond donors (Lipinski definition) is 2. The molecular formula is C23H23N3O. The minimum Gasteiger partial charge on any atom is -0.358 e. The lowest BCUT2D eigenvalue weighted by molar-refractivity contribution is -0.117. The number of para-hydroxylation sites is 1. The van der Waals surface area contributed by atoms with Gasteiger partial charge in [0.25, 0.3) is 5.91 Å². The van der Waals surface area contributed by atoms with Crippen molar-refractivity contribution in [2.24, 2.45) is 0 Å². The van der Waals surface area contributed by atoms with E-state index in [0.29, 0.717) is 0 Å². The molecule has 0 spiro atoms. The lowest BCUT2D eigenvalue weighted by atomic mass is 10.0. The second-order valence-corrected chi connectivity index (χ2v) is 6.67. The Bertz CT molecular complexity index is 1040. The summed E-state index contributed by atoms with van der Waals surface area (Å²) in [5, 5.41) is 13.4. The number of H-pyrrole nitrogens is 1. The Kier molecular flexibility index (Phi) is 5.42. The molecular weight excluding hydrogens is 334 g/mol. The summed E-state index contributed by atoms with van der Waals surface area (Å²) in [4.78, 5) is 15.9. The molecule has 1 unspecified atom stereocenters. The number of carbonyl (C=O) groups excluding carboxylic acids is 1. The number of aryl methyl sites for hydroxylation is 2. The third kappa shape index (κ3) is 3.93. The number of benzene rings is 2. The zero-order valence-corrected chi connectivity index (χ0v) is 15.8. The van der Waals surface area contributed by atoms with Gasteiger partial charge in [0.2, 0.25) is 0 Å².